The van der Waals surface area contributed by atoms with E-state index in [4.69, 9.17) is 0 Å². The van der Waals surface area contributed by atoms with E-state index in [0.717, 1.165) is 5.56 Å². The highest BCUT2D eigenvalue weighted by molar-refractivity contribution is 5.91. The molecule has 1 aromatic rings. The van der Waals surface area contributed by atoms with Gasteiger partial charge in [0.05, 0.1) is 6.61 Å². The van der Waals surface area contributed by atoms with Crippen LogP contribution < -0.4 is 10.6 Å². The highest BCUT2D eigenvalue weighted by atomic mass is 16.3. The number of carbonyl (C=O) groups is 1. The molecule has 1 unspecified atom stereocenters. The lowest BCUT2D eigenvalue weighted by atomic mass is 10.1. The van der Waals surface area contributed by atoms with Gasteiger partial charge in [-0.05, 0) is 17.5 Å². The van der Waals surface area contributed by atoms with Crippen molar-refractivity contribution < 1.29 is 9.90 Å². The fourth-order valence-corrected chi connectivity index (χ4v) is 1.55. The van der Waals surface area contributed by atoms with E-state index < -0.39 is 0 Å². The lowest BCUT2D eigenvalue weighted by Crippen LogP contribution is -2.36. The van der Waals surface area contributed by atoms with Gasteiger partial charge in [-0.15, -0.1) is 0 Å². The summed E-state index contributed by atoms with van der Waals surface area (Å²) in [6.07, 6.45) is 1.67. The Labute approximate surface area is 108 Å². The molecule has 5 nitrogen and oxygen atoms in total. The van der Waals surface area contributed by atoms with Crippen molar-refractivity contribution in [1.29, 1.82) is 0 Å². The zero-order chi connectivity index (χ0) is 13.5. The normalized spacial score (nSPS) is 12.5. The number of nitrogens with one attached hydrogen (secondary N) is 2. The van der Waals surface area contributed by atoms with Crippen LogP contribution in [0.5, 0.6) is 0 Å². The molecule has 0 aliphatic heterocycles. The number of aromatic nitrogens is 1. The van der Waals surface area contributed by atoms with Gasteiger partial charge in [0.25, 0.3) is 5.91 Å². The maximum atomic E-state index is 11.3. The first kappa shape index (κ1) is 14.6. The lowest BCUT2D eigenvalue weighted by molar-refractivity contribution is 0.0958. The molecule has 1 atom stereocenters. The minimum atomic E-state index is -0.190. The molecule has 3 N–H and O–H groups in total. The molecule has 0 spiro atoms. The molecule has 1 rings (SSSR count). The SMILES string of the molecule is CNC(=O)c1ccc(CNC(CO)C(C)C)cn1. The molecule has 0 bridgehead atoms. The first-order valence-electron chi connectivity index (χ1n) is 6.09. The first-order chi connectivity index (χ1) is 8.58. The molecule has 0 aliphatic carbocycles. The highest BCUT2D eigenvalue weighted by Gasteiger charge is 2.11. The third-order valence-electron chi connectivity index (χ3n) is 2.85. The van der Waals surface area contributed by atoms with Gasteiger partial charge in [-0.25, -0.2) is 0 Å². The van der Waals surface area contributed by atoms with Crippen molar-refractivity contribution >= 4 is 5.91 Å². The number of aliphatic hydroxyl groups excluding tert-OH is 1. The van der Waals surface area contributed by atoms with Gasteiger partial charge in [0.2, 0.25) is 0 Å². The Bertz CT molecular complexity index is 376. The number of hydrogen-bond donors (Lipinski definition) is 3. The van der Waals surface area contributed by atoms with Gasteiger partial charge in [0.15, 0.2) is 0 Å². The summed E-state index contributed by atoms with van der Waals surface area (Å²) in [5.74, 6) is 0.179. The maximum Gasteiger partial charge on any atom is 0.269 e. The number of carbonyl (C=O) groups excluding carboxylic acids is 1. The lowest BCUT2D eigenvalue weighted by Gasteiger charge is -2.19. The molecule has 0 fully saturated rings. The molecule has 1 heterocycles. The Kier molecular flexibility index (Phi) is 5.74. The molecule has 100 valence electrons. The third kappa shape index (κ3) is 4.09. The van der Waals surface area contributed by atoms with E-state index in [1.807, 2.05) is 6.07 Å². The van der Waals surface area contributed by atoms with E-state index in [-0.39, 0.29) is 18.6 Å². The van der Waals surface area contributed by atoms with E-state index >= 15 is 0 Å². The Morgan fingerprint density at radius 3 is 2.61 bits per heavy atom. The van der Waals surface area contributed by atoms with Crippen LogP contribution in [0, 0.1) is 5.92 Å². The minimum Gasteiger partial charge on any atom is -0.395 e. The molecule has 1 amide bonds. The average Bonchev–Trinajstić information content (AvgIpc) is 2.39. The van der Waals surface area contributed by atoms with Gasteiger partial charge in [0.1, 0.15) is 5.69 Å². The van der Waals surface area contributed by atoms with Gasteiger partial charge in [-0.2, -0.15) is 0 Å². The van der Waals surface area contributed by atoms with Crippen molar-refractivity contribution in [3.05, 3.63) is 29.6 Å². The molecule has 5 heteroatoms. The fraction of sp³-hybridized carbons (Fsp3) is 0.538. The van der Waals surface area contributed by atoms with Gasteiger partial charge < -0.3 is 15.7 Å². The van der Waals surface area contributed by atoms with Crippen molar-refractivity contribution in [3.63, 3.8) is 0 Å². The number of aliphatic hydroxyl groups is 1. The van der Waals surface area contributed by atoms with Crippen molar-refractivity contribution in [2.75, 3.05) is 13.7 Å². The van der Waals surface area contributed by atoms with Crippen LogP contribution in [0.25, 0.3) is 0 Å². The summed E-state index contributed by atoms with van der Waals surface area (Å²) in [5, 5.41) is 15.0. The van der Waals surface area contributed by atoms with E-state index in [1.54, 1.807) is 19.3 Å². The standard InChI is InChI=1S/C13H21N3O2/c1-9(2)12(8-17)16-7-10-4-5-11(15-6-10)13(18)14-3/h4-6,9,12,16-17H,7-8H2,1-3H3,(H,14,18). The van der Waals surface area contributed by atoms with E-state index in [9.17, 15) is 9.90 Å². The highest BCUT2D eigenvalue weighted by Crippen LogP contribution is 2.04. The van der Waals surface area contributed by atoms with Crippen LogP contribution in [0.3, 0.4) is 0 Å². The second-order valence-electron chi connectivity index (χ2n) is 4.54. The first-order valence-corrected chi connectivity index (χ1v) is 6.09. The molecular formula is C13H21N3O2. The van der Waals surface area contributed by atoms with Crippen molar-refractivity contribution in [2.24, 2.45) is 5.92 Å². The van der Waals surface area contributed by atoms with Gasteiger partial charge in [0, 0.05) is 25.8 Å². The molecule has 1 aromatic heterocycles. The van der Waals surface area contributed by atoms with Crippen LogP contribution >= 0.6 is 0 Å². The Balaban J connectivity index is 2.56. The van der Waals surface area contributed by atoms with Gasteiger partial charge in [-0.1, -0.05) is 19.9 Å². The van der Waals surface area contributed by atoms with Crippen LogP contribution in [0.2, 0.25) is 0 Å². The van der Waals surface area contributed by atoms with E-state index in [1.165, 1.54) is 0 Å². The van der Waals surface area contributed by atoms with Crippen LogP contribution in [-0.2, 0) is 6.54 Å². The molecular weight excluding hydrogens is 230 g/mol. The number of hydrogen-bond acceptors (Lipinski definition) is 4. The van der Waals surface area contributed by atoms with Gasteiger partial charge >= 0.3 is 0 Å². The minimum absolute atomic E-state index is 0.0728. The summed E-state index contributed by atoms with van der Waals surface area (Å²) in [5.41, 5.74) is 1.39. The molecule has 0 radical (unpaired) electrons. The Hall–Kier alpha value is -1.46. The monoisotopic (exact) mass is 251 g/mol. The van der Waals surface area contributed by atoms with E-state index in [2.05, 4.69) is 29.5 Å². The summed E-state index contributed by atoms with van der Waals surface area (Å²) in [4.78, 5) is 15.4. The smallest absolute Gasteiger partial charge is 0.269 e. The van der Waals surface area contributed by atoms with Crippen LogP contribution in [0.4, 0.5) is 0 Å². The summed E-state index contributed by atoms with van der Waals surface area (Å²) in [6.45, 7) is 4.85. The molecule has 0 saturated carbocycles. The number of pyridine rings is 1. The number of nitrogens with zero attached hydrogens (tertiary/aromatic N) is 1. The van der Waals surface area contributed by atoms with Crippen LogP contribution in [0.15, 0.2) is 18.3 Å². The van der Waals surface area contributed by atoms with Crippen molar-refractivity contribution in [2.45, 2.75) is 26.4 Å². The maximum absolute atomic E-state index is 11.3. The van der Waals surface area contributed by atoms with Gasteiger partial charge in [-0.3, -0.25) is 9.78 Å². The summed E-state index contributed by atoms with van der Waals surface area (Å²) >= 11 is 0. The zero-order valence-electron chi connectivity index (χ0n) is 11.1. The Morgan fingerprint density at radius 2 is 2.17 bits per heavy atom. The molecule has 0 saturated heterocycles. The Morgan fingerprint density at radius 1 is 1.44 bits per heavy atom. The second kappa shape index (κ2) is 7.08. The van der Waals surface area contributed by atoms with Crippen LogP contribution in [-0.4, -0.2) is 35.7 Å². The zero-order valence-corrected chi connectivity index (χ0v) is 11.1. The topological polar surface area (TPSA) is 74.2 Å². The summed E-state index contributed by atoms with van der Waals surface area (Å²) in [7, 11) is 1.58. The quantitative estimate of drug-likeness (QED) is 0.690. The molecule has 0 aliphatic rings. The summed E-state index contributed by atoms with van der Waals surface area (Å²) in [6, 6.07) is 3.63. The van der Waals surface area contributed by atoms with Crippen molar-refractivity contribution in [1.82, 2.24) is 15.6 Å². The molecule has 0 aromatic carbocycles. The fourth-order valence-electron chi connectivity index (χ4n) is 1.55. The second-order valence-corrected chi connectivity index (χ2v) is 4.54. The predicted molar refractivity (Wildman–Crippen MR) is 70.2 cm³/mol. The third-order valence-corrected chi connectivity index (χ3v) is 2.85. The van der Waals surface area contributed by atoms with Crippen molar-refractivity contribution in [3.8, 4) is 0 Å². The number of rotatable bonds is 6. The van der Waals surface area contributed by atoms with E-state index in [0.29, 0.717) is 18.2 Å². The summed E-state index contributed by atoms with van der Waals surface area (Å²) < 4.78 is 0. The molecule has 18 heavy (non-hydrogen) atoms. The average molecular weight is 251 g/mol. The largest absolute Gasteiger partial charge is 0.395 e. The number of amides is 1. The predicted octanol–water partition coefficient (Wildman–Crippen LogP) is 0.548. The van der Waals surface area contributed by atoms with Crippen LogP contribution in [0.1, 0.15) is 29.9 Å².